The number of hydrogen-bond donors (Lipinski definition) is 1. The maximum Gasteiger partial charge on any atom is 0.314 e. The summed E-state index contributed by atoms with van der Waals surface area (Å²) >= 11 is 0. The summed E-state index contributed by atoms with van der Waals surface area (Å²) in [7, 11) is 0. The Morgan fingerprint density at radius 2 is 1.71 bits per heavy atom. The van der Waals surface area contributed by atoms with Crippen LogP contribution in [0.1, 0.15) is 25.3 Å². The topological polar surface area (TPSA) is 30.7 Å². The Labute approximate surface area is 165 Å². The summed E-state index contributed by atoms with van der Waals surface area (Å²) in [6.45, 7) is 5.32. The minimum Gasteiger partial charge on any atom is -0.466 e. The summed E-state index contributed by atoms with van der Waals surface area (Å²) in [6, 6.07) is 20.1. The number of nitrogens with one attached hydrogen (secondary N) is 1. The van der Waals surface area contributed by atoms with E-state index in [2.05, 4.69) is 54.6 Å². The van der Waals surface area contributed by atoms with Crippen molar-refractivity contribution in [1.82, 2.24) is 0 Å². The predicted octanol–water partition coefficient (Wildman–Crippen LogP) is 3.94. The first-order valence-corrected chi connectivity index (χ1v) is 10.4. The first-order chi connectivity index (χ1) is 13.7. The normalized spacial score (nSPS) is 20.2. The van der Waals surface area contributed by atoms with Gasteiger partial charge in [-0.15, -0.1) is 0 Å². The zero-order chi connectivity index (χ0) is 19.1. The number of likely N-dealkylation sites (tertiary alicyclic amines) is 1. The Kier molecular flexibility index (Phi) is 4.40. The Morgan fingerprint density at radius 1 is 1.00 bits per heavy atom. The molecule has 4 aromatic carbocycles. The predicted molar refractivity (Wildman–Crippen MR) is 114 cm³/mol. The lowest BCUT2D eigenvalue weighted by Gasteiger charge is -2.29. The van der Waals surface area contributed by atoms with Gasteiger partial charge in [0.05, 0.1) is 19.7 Å². The lowest BCUT2D eigenvalue weighted by molar-refractivity contribution is -0.921. The van der Waals surface area contributed by atoms with Gasteiger partial charge >= 0.3 is 5.97 Å². The third-order valence-corrected chi connectivity index (χ3v) is 6.30. The standard InChI is InChI=1S/C25H25NO2/c1-2-28-25(27)21-7-4-14-26(16-21)15-20-11-10-19-9-8-17-5-3-6-18-12-13-22(20)24(19)23(17)18/h3,5-6,8-13,21H,2,4,7,14-16H2,1H3/p+1/t21-/m1/s1. The van der Waals surface area contributed by atoms with E-state index in [1.807, 2.05) is 6.92 Å². The Bertz CT molecular complexity index is 1130. The molecule has 1 aliphatic rings. The van der Waals surface area contributed by atoms with E-state index >= 15 is 0 Å². The summed E-state index contributed by atoms with van der Waals surface area (Å²) in [5, 5.41) is 8.03. The Morgan fingerprint density at radius 3 is 2.50 bits per heavy atom. The molecule has 28 heavy (non-hydrogen) atoms. The smallest absolute Gasteiger partial charge is 0.314 e. The molecule has 3 nitrogen and oxygen atoms in total. The van der Waals surface area contributed by atoms with Crippen molar-refractivity contribution in [2.24, 2.45) is 5.92 Å². The Balaban J connectivity index is 1.52. The van der Waals surface area contributed by atoms with Crippen LogP contribution >= 0.6 is 0 Å². The van der Waals surface area contributed by atoms with E-state index in [4.69, 9.17) is 4.74 Å². The van der Waals surface area contributed by atoms with Gasteiger partial charge in [0.15, 0.2) is 0 Å². The van der Waals surface area contributed by atoms with Gasteiger partial charge in [-0.05, 0) is 52.1 Å². The van der Waals surface area contributed by atoms with Gasteiger partial charge in [-0.1, -0.05) is 54.6 Å². The quantitative estimate of drug-likeness (QED) is 0.434. The van der Waals surface area contributed by atoms with Crippen LogP contribution in [0.25, 0.3) is 32.3 Å². The maximum atomic E-state index is 12.2. The number of ether oxygens (including phenoxy) is 1. The van der Waals surface area contributed by atoms with Crippen LogP contribution in [-0.4, -0.2) is 25.7 Å². The second-order valence-electron chi connectivity index (χ2n) is 8.05. The van der Waals surface area contributed by atoms with Gasteiger partial charge in [0.25, 0.3) is 0 Å². The monoisotopic (exact) mass is 372 g/mol. The molecule has 1 N–H and O–H groups in total. The van der Waals surface area contributed by atoms with Crippen molar-refractivity contribution < 1.29 is 14.4 Å². The van der Waals surface area contributed by atoms with Crippen LogP contribution in [-0.2, 0) is 16.1 Å². The summed E-state index contributed by atoms with van der Waals surface area (Å²) in [4.78, 5) is 13.7. The molecule has 1 fully saturated rings. The van der Waals surface area contributed by atoms with E-state index in [-0.39, 0.29) is 11.9 Å². The number of esters is 1. The fourth-order valence-electron chi connectivity index (χ4n) is 4.99. The van der Waals surface area contributed by atoms with Crippen molar-refractivity contribution in [3.63, 3.8) is 0 Å². The number of carbonyl (C=O) groups is 1. The first kappa shape index (κ1) is 17.4. The summed E-state index contributed by atoms with van der Waals surface area (Å²) in [5.41, 5.74) is 1.38. The van der Waals surface area contributed by atoms with Crippen molar-refractivity contribution >= 4 is 38.3 Å². The average molecular weight is 372 g/mol. The molecule has 142 valence electrons. The molecule has 1 saturated heterocycles. The highest BCUT2D eigenvalue weighted by Gasteiger charge is 2.30. The molecule has 0 spiro atoms. The molecule has 2 atom stereocenters. The molecule has 0 saturated carbocycles. The SMILES string of the molecule is CCOC(=O)[C@@H]1CCC[NH+](Cc2ccc3ccc4cccc5ccc2c3c45)C1. The fourth-order valence-corrected chi connectivity index (χ4v) is 4.99. The third-order valence-electron chi connectivity index (χ3n) is 6.30. The van der Waals surface area contributed by atoms with E-state index in [9.17, 15) is 4.79 Å². The molecule has 5 rings (SSSR count). The molecule has 0 amide bonds. The Hall–Kier alpha value is -2.65. The highest BCUT2D eigenvalue weighted by atomic mass is 16.5. The number of quaternary nitrogens is 1. The lowest BCUT2D eigenvalue weighted by atomic mass is 9.91. The van der Waals surface area contributed by atoms with E-state index in [1.165, 1.54) is 42.8 Å². The third kappa shape index (κ3) is 2.91. The molecule has 4 aromatic rings. The average Bonchev–Trinajstić information content (AvgIpc) is 2.73. The largest absolute Gasteiger partial charge is 0.466 e. The maximum absolute atomic E-state index is 12.2. The molecule has 1 unspecified atom stereocenters. The summed E-state index contributed by atoms with van der Waals surface area (Å²) in [5.74, 6) is 0.0265. The van der Waals surface area contributed by atoms with Crippen molar-refractivity contribution in [2.45, 2.75) is 26.3 Å². The van der Waals surface area contributed by atoms with E-state index in [0.717, 1.165) is 32.5 Å². The second kappa shape index (κ2) is 7.06. The van der Waals surface area contributed by atoms with Crippen molar-refractivity contribution in [1.29, 1.82) is 0 Å². The van der Waals surface area contributed by atoms with Gasteiger partial charge in [-0.2, -0.15) is 0 Å². The van der Waals surface area contributed by atoms with Crippen LogP contribution in [0, 0.1) is 5.92 Å². The van der Waals surface area contributed by atoms with Crippen LogP contribution in [0.15, 0.2) is 54.6 Å². The zero-order valence-electron chi connectivity index (χ0n) is 16.3. The van der Waals surface area contributed by atoms with Gasteiger partial charge in [0.2, 0.25) is 0 Å². The first-order valence-electron chi connectivity index (χ1n) is 10.4. The summed E-state index contributed by atoms with van der Waals surface area (Å²) < 4.78 is 5.27. The van der Waals surface area contributed by atoms with E-state index < -0.39 is 0 Å². The molecule has 0 aromatic heterocycles. The molecule has 0 aliphatic carbocycles. The minimum absolute atomic E-state index is 0.0184. The highest BCUT2D eigenvalue weighted by Crippen LogP contribution is 2.35. The van der Waals surface area contributed by atoms with Crippen LogP contribution in [0.3, 0.4) is 0 Å². The van der Waals surface area contributed by atoms with Crippen molar-refractivity contribution in [3.8, 4) is 0 Å². The minimum atomic E-state index is -0.0184. The molecular formula is C25H26NO2+. The molecule has 0 radical (unpaired) electrons. The van der Waals surface area contributed by atoms with Crippen LogP contribution in [0.4, 0.5) is 0 Å². The number of rotatable bonds is 4. The highest BCUT2D eigenvalue weighted by molar-refractivity contribution is 6.23. The van der Waals surface area contributed by atoms with Gasteiger partial charge < -0.3 is 9.64 Å². The van der Waals surface area contributed by atoms with Gasteiger partial charge in [-0.25, -0.2) is 0 Å². The number of benzene rings is 4. The van der Waals surface area contributed by atoms with Crippen molar-refractivity contribution in [3.05, 3.63) is 60.2 Å². The van der Waals surface area contributed by atoms with Gasteiger partial charge in [0, 0.05) is 5.56 Å². The van der Waals surface area contributed by atoms with Crippen LogP contribution in [0.5, 0.6) is 0 Å². The fraction of sp³-hybridized carbons (Fsp3) is 0.320. The van der Waals surface area contributed by atoms with Crippen LogP contribution in [0.2, 0.25) is 0 Å². The van der Waals surface area contributed by atoms with Crippen LogP contribution < -0.4 is 4.90 Å². The number of hydrogen-bond acceptors (Lipinski definition) is 2. The van der Waals surface area contributed by atoms with Gasteiger partial charge in [-0.3, -0.25) is 4.79 Å². The molecule has 1 aliphatic heterocycles. The lowest BCUT2D eigenvalue weighted by Crippen LogP contribution is -3.12. The second-order valence-corrected chi connectivity index (χ2v) is 8.05. The van der Waals surface area contributed by atoms with E-state index in [0.29, 0.717) is 6.61 Å². The number of carbonyl (C=O) groups excluding carboxylic acids is 1. The molecule has 1 heterocycles. The summed E-state index contributed by atoms with van der Waals surface area (Å²) in [6.07, 6.45) is 2.05. The van der Waals surface area contributed by atoms with Gasteiger partial charge in [0.1, 0.15) is 12.5 Å². The van der Waals surface area contributed by atoms with Crippen molar-refractivity contribution in [2.75, 3.05) is 19.7 Å². The number of piperidine rings is 1. The molecule has 3 heteroatoms. The molecule has 0 bridgehead atoms. The molecular weight excluding hydrogens is 346 g/mol. The zero-order valence-corrected chi connectivity index (χ0v) is 16.3. The van der Waals surface area contributed by atoms with E-state index in [1.54, 1.807) is 0 Å².